The Bertz CT molecular complexity index is 1150. The van der Waals surface area contributed by atoms with Crippen molar-refractivity contribution >= 4 is 38.3 Å². The number of nitrogens with one attached hydrogen (secondary N) is 1. The number of aromatic nitrogens is 3. The van der Waals surface area contributed by atoms with E-state index < -0.39 is 34.6 Å². The second-order valence-electron chi connectivity index (χ2n) is 6.30. The molecular weight excluding hydrogens is 436 g/mol. The molecule has 0 spiro atoms. The standard InChI is InChI=1S/C17H15ClF4N4O2S/c1-3-4-5-25(2)16-24-12-8(18)6-9(19)13(14(12)29-16)26-11(27)7-10(17(20,21)22)23-15(26)28/h6-7H,3-5H2,1-2H3,(H,23,28). The van der Waals surface area contributed by atoms with Crippen LogP contribution < -0.4 is 16.1 Å². The minimum absolute atomic E-state index is 0.0379. The van der Waals surface area contributed by atoms with Crippen molar-refractivity contribution in [3.05, 3.63) is 49.5 Å². The van der Waals surface area contributed by atoms with Crippen molar-refractivity contribution in [1.82, 2.24) is 14.5 Å². The third-order valence-corrected chi connectivity index (χ3v) is 5.64. The number of H-pyrrole nitrogens is 1. The van der Waals surface area contributed by atoms with E-state index in [1.54, 1.807) is 12.0 Å². The molecule has 3 aromatic rings. The minimum Gasteiger partial charge on any atom is -0.351 e. The summed E-state index contributed by atoms with van der Waals surface area (Å²) in [5, 5.41) is 0.433. The average Bonchev–Trinajstić information content (AvgIpc) is 3.06. The maximum absolute atomic E-state index is 14.7. The van der Waals surface area contributed by atoms with Crippen LogP contribution in [0.5, 0.6) is 0 Å². The molecule has 0 radical (unpaired) electrons. The molecule has 156 valence electrons. The van der Waals surface area contributed by atoms with Gasteiger partial charge in [-0.1, -0.05) is 36.3 Å². The lowest BCUT2D eigenvalue weighted by Crippen LogP contribution is -2.36. The Kier molecular flexibility index (Phi) is 5.72. The second-order valence-corrected chi connectivity index (χ2v) is 7.68. The fraction of sp³-hybridized carbons (Fsp3) is 0.353. The molecule has 2 heterocycles. The third-order valence-electron chi connectivity index (χ3n) is 4.17. The van der Waals surface area contributed by atoms with Crippen molar-refractivity contribution < 1.29 is 17.6 Å². The number of unbranched alkanes of at least 4 members (excludes halogenated alkanes) is 1. The predicted molar refractivity (Wildman–Crippen MR) is 104 cm³/mol. The van der Waals surface area contributed by atoms with Crippen LogP contribution in [0.15, 0.2) is 21.7 Å². The summed E-state index contributed by atoms with van der Waals surface area (Å²) in [6.45, 7) is 2.67. The Morgan fingerprint density at radius 3 is 2.59 bits per heavy atom. The highest BCUT2D eigenvalue weighted by molar-refractivity contribution is 7.22. The van der Waals surface area contributed by atoms with Crippen molar-refractivity contribution in [3.8, 4) is 5.69 Å². The van der Waals surface area contributed by atoms with Gasteiger partial charge in [-0.25, -0.2) is 18.7 Å². The van der Waals surface area contributed by atoms with Crippen LogP contribution in [-0.2, 0) is 6.18 Å². The molecular formula is C17H15ClF4N4O2S. The number of hydrogen-bond acceptors (Lipinski definition) is 5. The molecule has 0 saturated heterocycles. The maximum atomic E-state index is 14.7. The number of halogens is 5. The van der Waals surface area contributed by atoms with Crippen LogP contribution in [0.4, 0.5) is 22.7 Å². The van der Waals surface area contributed by atoms with E-state index in [1.807, 2.05) is 11.8 Å². The van der Waals surface area contributed by atoms with E-state index in [9.17, 15) is 27.2 Å². The molecule has 1 aromatic carbocycles. The molecule has 6 nitrogen and oxygen atoms in total. The number of alkyl halides is 3. The first kappa shape index (κ1) is 21.3. The number of rotatable bonds is 5. The minimum atomic E-state index is -4.93. The fourth-order valence-corrected chi connectivity index (χ4v) is 4.10. The average molecular weight is 451 g/mol. The molecule has 0 amide bonds. The first-order valence-electron chi connectivity index (χ1n) is 8.48. The molecule has 0 saturated carbocycles. The largest absolute Gasteiger partial charge is 0.431 e. The number of aromatic amines is 1. The van der Waals surface area contributed by atoms with Crippen LogP contribution in [0.3, 0.4) is 0 Å². The molecule has 0 fully saturated rings. The van der Waals surface area contributed by atoms with Crippen molar-refractivity contribution in [2.24, 2.45) is 0 Å². The van der Waals surface area contributed by atoms with Gasteiger partial charge in [0.1, 0.15) is 16.9 Å². The van der Waals surface area contributed by atoms with Crippen LogP contribution in [0, 0.1) is 5.82 Å². The highest BCUT2D eigenvalue weighted by Gasteiger charge is 2.33. The van der Waals surface area contributed by atoms with E-state index >= 15 is 0 Å². The van der Waals surface area contributed by atoms with Gasteiger partial charge in [-0.3, -0.25) is 4.79 Å². The lowest BCUT2D eigenvalue weighted by atomic mass is 10.2. The first-order chi connectivity index (χ1) is 13.5. The summed E-state index contributed by atoms with van der Waals surface area (Å²) in [6.07, 6.45) is -3.11. The monoisotopic (exact) mass is 450 g/mol. The van der Waals surface area contributed by atoms with Gasteiger partial charge in [-0.2, -0.15) is 13.2 Å². The van der Waals surface area contributed by atoms with Gasteiger partial charge in [0.2, 0.25) is 0 Å². The molecule has 0 bridgehead atoms. The van der Waals surface area contributed by atoms with Gasteiger partial charge in [0.15, 0.2) is 10.9 Å². The Balaban J connectivity index is 2.27. The van der Waals surface area contributed by atoms with E-state index in [0.717, 1.165) is 30.2 Å². The van der Waals surface area contributed by atoms with Crippen molar-refractivity contribution in [1.29, 1.82) is 0 Å². The highest BCUT2D eigenvalue weighted by atomic mass is 35.5. The van der Waals surface area contributed by atoms with Gasteiger partial charge in [-0.05, 0) is 12.5 Å². The van der Waals surface area contributed by atoms with Gasteiger partial charge in [0.05, 0.1) is 9.72 Å². The van der Waals surface area contributed by atoms with Crippen molar-refractivity contribution in [3.63, 3.8) is 0 Å². The first-order valence-corrected chi connectivity index (χ1v) is 9.67. The van der Waals surface area contributed by atoms with Crippen LogP contribution >= 0.6 is 22.9 Å². The van der Waals surface area contributed by atoms with E-state index in [4.69, 9.17) is 11.6 Å². The van der Waals surface area contributed by atoms with E-state index in [2.05, 4.69) is 4.98 Å². The highest BCUT2D eigenvalue weighted by Crippen LogP contribution is 2.37. The fourth-order valence-electron chi connectivity index (χ4n) is 2.71. The summed E-state index contributed by atoms with van der Waals surface area (Å²) < 4.78 is 53.6. The normalized spacial score (nSPS) is 12.0. The van der Waals surface area contributed by atoms with Crippen LogP contribution in [0.25, 0.3) is 15.9 Å². The van der Waals surface area contributed by atoms with E-state index in [0.29, 0.717) is 16.2 Å². The maximum Gasteiger partial charge on any atom is 0.431 e. The molecule has 12 heteroatoms. The van der Waals surface area contributed by atoms with E-state index in [1.165, 1.54) is 0 Å². The summed E-state index contributed by atoms with van der Waals surface area (Å²) >= 11 is 7.06. The zero-order chi connectivity index (χ0) is 21.5. The lowest BCUT2D eigenvalue weighted by Gasteiger charge is -2.14. The number of fused-ring (bicyclic) bond motifs is 1. The zero-order valence-electron chi connectivity index (χ0n) is 15.2. The molecule has 0 aliphatic carbocycles. The van der Waals surface area contributed by atoms with Gasteiger partial charge < -0.3 is 9.88 Å². The molecule has 2 aromatic heterocycles. The molecule has 0 aliphatic rings. The number of benzene rings is 1. The second kappa shape index (κ2) is 7.79. The van der Waals surface area contributed by atoms with Gasteiger partial charge in [0.25, 0.3) is 5.56 Å². The Morgan fingerprint density at radius 1 is 1.31 bits per heavy atom. The smallest absolute Gasteiger partial charge is 0.351 e. The van der Waals surface area contributed by atoms with Crippen LogP contribution in [0.2, 0.25) is 5.02 Å². The summed E-state index contributed by atoms with van der Waals surface area (Å²) in [5.41, 5.74) is -4.59. The number of thiazole rings is 1. The number of anilines is 1. The molecule has 0 aliphatic heterocycles. The molecule has 3 rings (SSSR count). The number of hydrogen-bond donors (Lipinski definition) is 1. The predicted octanol–water partition coefficient (Wildman–Crippen LogP) is 4.18. The van der Waals surface area contributed by atoms with Gasteiger partial charge in [-0.15, -0.1) is 0 Å². The van der Waals surface area contributed by atoms with Gasteiger partial charge >= 0.3 is 11.9 Å². The lowest BCUT2D eigenvalue weighted by molar-refractivity contribution is -0.141. The van der Waals surface area contributed by atoms with Crippen LogP contribution in [0.1, 0.15) is 25.5 Å². The van der Waals surface area contributed by atoms with Crippen LogP contribution in [-0.4, -0.2) is 28.1 Å². The summed E-state index contributed by atoms with van der Waals surface area (Å²) in [4.78, 5) is 32.3. The number of nitrogens with zero attached hydrogens (tertiary/aromatic N) is 3. The van der Waals surface area contributed by atoms with Crippen molar-refractivity contribution in [2.45, 2.75) is 25.9 Å². The SMILES string of the molecule is CCCCN(C)c1nc2c(Cl)cc(F)c(-n3c(=O)cc(C(F)(F)F)[nH]c3=O)c2s1. The topological polar surface area (TPSA) is 71.0 Å². The molecule has 1 N–H and O–H groups in total. The van der Waals surface area contributed by atoms with Crippen molar-refractivity contribution in [2.75, 3.05) is 18.5 Å². The molecule has 0 atom stereocenters. The summed E-state index contributed by atoms with van der Waals surface area (Å²) in [5.74, 6) is -1.03. The van der Waals surface area contributed by atoms with Gasteiger partial charge in [0, 0.05) is 19.7 Å². The van der Waals surface area contributed by atoms with E-state index in [-0.39, 0.29) is 21.3 Å². The molecule has 0 unspecified atom stereocenters. The zero-order valence-corrected chi connectivity index (χ0v) is 16.8. The third kappa shape index (κ3) is 4.01. The Labute approximate surface area is 170 Å². The Morgan fingerprint density at radius 2 is 2.00 bits per heavy atom. The quantitative estimate of drug-likeness (QED) is 0.592. The molecule has 29 heavy (non-hydrogen) atoms. The summed E-state index contributed by atoms with van der Waals surface area (Å²) in [6, 6.07) is 1.08. The Hall–Kier alpha value is -2.40. The summed E-state index contributed by atoms with van der Waals surface area (Å²) in [7, 11) is 1.77.